The first kappa shape index (κ1) is 13.2. The Morgan fingerprint density at radius 3 is 2.69 bits per heavy atom. The second kappa shape index (κ2) is 4.55. The van der Waals surface area contributed by atoms with Crippen LogP contribution in [0.25, 0.3) is 0 Å². The smallest absolute Gasteiger partial charge is 0.224 e. The van der Waals surface area contributed by atoms with Gasteiger partial charge in [-0.2, -0.15) is 0 Å². The Hall–Kier alpha value is -0.880. The lowest BCUT2D eigenvalue weighted by Gasteiger charge is -2.20. The number of likely N-dealkylation sites (tertiary alicyclic amines) is 1. The number of amides is 1. The second-order valence-corrected chi connectivity index (χ2v) is 6.55. The van der Waals surface area contributed by atoms with Gasteiger partial charge in [0.05, 0.1) is 11.2 Å². The molecule has 1 atom stereocenters. The number of carbonyl (C=O) groups excluding carboxylic acids is 1. The normalized spacial score (nSPS) is 26.8. The van der Waals surface area contributed by atoms with Crippen LogP contribution in [0.1, 0.15) is 13.3 Å². The van der Waals surface area contributed by atoms with E-state index < -0.39 is 15.3 Å². The fourth-order valence-electron chi connectivity index (χ4n) is 1.79. The van der Waals surface area contributed by atoms with Crippen molar-refractivity contribution in [1.82, 2.24) is 4.90 Å². The standard InChI is InChI=1S/C10H18N2O3S/c1-3-16(14,15)7-6-12-5-4-10(2,8-12)9(11)13/h3H,1,4-8H2,2H3,(H2,11,13). The Labute approximate surface area is 96.2 Å². The van der Waals surface area contributed by atoms with Crippen LogP contribution in [-0.2, 0) is 14.6 Å². The first-order valence-electron chi connectivity index (χ1n) is 5.16. The maximum absolute atomic E-state index is 11.2. The van der Waals surface area contributed by atoms with E-state index >= 15 is 0 Å². The molecular weight excluding hydrogens is 228 g/mol. The van der Waals surface area contributed by atoms with Crippen molar-refractivity contribution in [1.29, 1.82) is 0 Å². The number of hydrogen-bond acceptors (Lipinski definition) is 4. The lowest BCUT2D eigenvalue weighted by Crippen LogP contribution is -2.37. The molecule has 0 aliphatic carbocycles. The highest BCUT2D eigenvalue weighted by Gasteiger charge is 2.38. The van der Waals surface area contributed by atoms with Crippen LogP contribution in [0.15, 0.2) is 12.0 Å². The number of primary amides is 1. The summed E-state index contributed by atoms with van der Waals surface area (Å²) in [5.74, 6) is -0.271. The zero-order valence-corrected chi connectivity index (χ0v) is 10.3. The molecule has 5 nitrogen and oxygen atoms in total. The van der Waals surface area contributed by atoms with Gasteiger partial charge >= 0.3 is 0 Å². The average Bonchev–Trinajstić information content (AvgIpc) is 2.59. The predicted molar refractivity (Wildman–Crippen MR) is 62.3 cm³/mol. The summed E-state index contributed by atoms with van der Waals surface area (Å²) < 4.78 is 22.4. The van der Waals surface area contributed by atoms with Crippen molar-refractivity contribution in [3.63, 3.8) is 0 Å². The van der Waals surface area contributed by atoms with E-state index in [0.29, 0.717) is 26.1 Å². The van der Waals surface area contributed by atoms with E-state index in [1.54, 1.807) is 0 Å². The zero-order chi connectivity index (χ0) is 12.4. The van der Waals surface area contributed by atoms with Gasteiger partial charge in [0, 0.05) is 18.5 Å². The topological polar surface area (TPSA) is 80.5 Å². The molecule has 1 unspecified atom stereocenters. The molecule has 0 bridgehead atoms. The second-order valence-electron chi connectivity index (χ2n) is 4.48. The minimum absolute atomic E-state index is 0.0470. The van der Waals surface area contributed by atoms with E-state index in [1.165, 1.54) is 0 Å². The quantitative estimate of drug-likeness (QED) is 0.725. The molecule has 1 aliphatic rings. The lowest BCUT2D eigenvalue weighted by molar-refractivity contribution is -0.126. The SMILES string of the molecule is C=CS(=O)(=O)CCN1CCC(C)(C(N)=O)C1. The van der Waals surface area contributed by atoms with Gasteiger partial charge in [-0.05, 0) is 19.9 Å². The Morgan fingerprint density at radius 2 is 2.25 bits per heavy atom. The molecular formula is C10H18N2O3S. The number of nitrogens with zero attached hydrogens (tertiary/aromatic N) is 1. The molecule has 1 rings (SSSR count). The van der Waals surface area contributed by atoms with E-state index in [-0.39, 0.29) is 11.7 Å². The van der Waals surface area contributed by atoms with Crippen LogP contribution in [0.2, 0.25) is 0 Å². The lowest BCUT2D eigenvalue weighted by atomic mass is 9.89. The molecule has 1 aliphatic heterocycles. The van der Waals surface area contributed by atoms with Crippen LogP contribution in [-0.4, -0.2) is 44.6 Å². The largest absolute Gasteiger partial charge is 0.369 e. The summed E-state index contributed by atoms with van der Waals surface area (Å²) >= 11 is 0. The Kier molecular flexibility index (Phi) is 3.75. The van der Waals surface area contributed by atoms with Crippen LogP contribution in [0.3, 0.4) is 0 Å². The molecule has 1 saturated heterocycles. The molecule has 0 aromatic heterocycles. The van der Waals surface area contributed by atoms with Crippen LogP contribution in [0, 0.1) is 5.41 Å². The molecule has 1 heterocycles. The van der Waals surface area contributed by atoms with Crippen LogP contribution >= 0.6 is 0 Å². The summed E-state index contributed by atoms with van der Waals surface area (Å²) in [6, 6.07) is 0. The predicted octanol–water partition coefficient (Wildman–Crippen LogP) is -0.258. The van der Waals surface area contributed by atoms with Gasteiger partial charge in [0.25, 0.3) is 0 Å². The number of carbonyl (C=O) groups is 1. The van der Waals surface area contributed by atoms with Crippen molar-refractivity contribution in [2.24, 2.45) is 11.1 Å². The van der Waals surface area contributed by atoms with Crippen molar-refractivity contribution in [2.45, 2.75) is 13.3 Å². The fraction of sp³-hybridized carbons (Fsp3) is 0.700. The van der Waals surface area contributed by atoms with Crippen LogP contribution in [0.5, 0.6) is 0 Å². The molecule has 6 heteroatoms. The first-order chi connectivity index (χ1) is 7.29. The van der Waals surface area contributed by atoms with Gasteiger partial charge in [-0.3, -0.25) is 4.79 Å². The first-order valence-corrected chi connectivity index (χ1v) is 6.88. The minimum Gasteiger partial charge on any atom is -0.369 e. The number of nitrogens with two attached hydrogens (primary N) is 1. The van der Waals surface area contributed by atoms with E-state index in [2.05, 4.69) is 6.58 Å². The monoisotopic (exact) mass is 246 g/mol. The van der Waals surface area contributed by atoms with Crippen LogP contribution < -0.4 is 5.73 Å². The molecule has 0 radical (unpaired) electrons. The molecule has 0 aromatic carbocycles. The van der Waals surface area contributed by atoms with E-state index in [4.69, 9.17) is 5.73 Å². The fourth-order valence-corrected chi connectivity index (χ4v) is 2.47. The summed E-state index contributed by atoms with van der Waals surface area (Å²) in [7, 11) is -3.16. The van der Waals surface area contributed by atoms with Crippen LogP contribution in [0.4, 0.5) is 0 Å². The zero-order valence-electron chi connectivity index (χ0n) is 9.48. The van der Waals surface area contributed by atoms with Gasteiger partial charge in [-0.1, -0.05) is 6.58 Å². The van der Waals surface area contributed by atoms with Gasteiger partial charge in [0.2, 0.25) is 5.91 Å². The van der Waals surface area contributed by atoms with Crippen molar-refractivity contribution >= 4 is 15.7 Å². The molecule has 0 aromatic rings. The van der Waals surface area contributed by atoms with Gasteiger partial charge in [-0.15, -0.1) is 0 Å². The Bertz CT molecular complexity index is 391. The van der Waals surface area contributed by atoms with E-state index in [1.807, 2.05) is 11.8 Å². The van der Waals surface area contributed by atoms with Gasteiger partial charge in [-0.25, -0.2) is 8.42 Å². The summed E-state index contributed by atoms with van der Waals surface area (Å²) in [5.41, 5.74) is 4.79. The highest BCUT2D eigenvalue weighted by molar-refractivity contribution is 7.94. The minimum atomic E-state index is -3.16. The van der Waals surface area contributed by atoms with E-state index in [0.717, 1.165) is 5.41 Å². The molecule has 1 amide bonds. The Balaban J connectivity index is 2.50. The van der Waals surface area contributed by atoms with Crippen molar-refractivity contribution in [2.75, 3.05) is 25.4 Å². The van der Waals surface area contributed by atoms with Crippen molar-refractivity contribution in [3.05, 3.63) is 12.0 Å². The number of rotatable bonds is 5. The third-order valence-electron chi connectivity index (χ3n) is 3.09. The highest BCUT2D eigenvalue weighted by Crippen LogP contribution is 2.29. The third kappa shape index (κ3) is 3.05. The highest BCUT2D eigenvalue weighted by atomic mass is 32.2. The molecule has 0 saturated carbocycles. The maximum atomic E-state index is 11.2. The molecule has 92 valence electrons. The summed E-state index contributed by atoms with van der Waals surface area (Å²) in [6.07, 6.45) is 0.691. The summed E-state index contributed by atoms with van der Waals surface area (Å²) in [4.78, 5) is 13.1. The molecule has 1 fully saturated rings. The summed E-state index contributed by atoms with van der Waals surface area (Å²) in [6.45, 7) is 6.75. The van der Waals surface area contributed by atoms with Crippen molar-refractivity contribution < 1.29 is 13.2 Å². The van der Waals surface area contributed by atoms with Gasteiger partial charge in [0.1, 0.15) is 0 Å². The van der Waals surface area contributed by atoms with E-state index in [9.17, 15) is 13.2 Å². The third-order valence-corrected chi connectivity index (χ3v) is 4.35. The number of hydrogen-bond donors (Lipinski definition) is 1. The molecule has 16 heavy (non-hydrogen) atoms. The number of sulfone groups is 1. The molecule has 2 N–H and O–H groups in total. The average molecular weight is 246 g/mol. The maximum Gasteiger partial charge on any atom is 0.224 e. The summed E-state index contributed by atoms with van der Waals surface area (Å²) in [5, 5.41) is 0.969. The van der Waals surface area contributed by atoms with Gasteiger partial charge < -0.3 is 10.6 Å². The molecule has 0 spiro atoms. The Morgan fingerprint density at radius 1 is 1.62 bits per heavy atom. The van der Waals surface area contributed by atoms with Gasteiger partial charge in [0.15, 0.2) is 9.84 Å². The van der Waals surface area contributed by atoms with Crippen molar-refractivity contribution in [3.8, 4) is 0 Å².